The highest BCUT2D eigenvalue weighted by molar-refractivity contribution is 6.47. The molecule has 0 aliphatic carbocycles. The minimum absolute atomic E-state index is 0.0146. The van der Waals surface area contributed by atoms with Crippen LogP contribution >= 0.6 is 0 Å². The van der Waals surface area contributed by atoms with Gasteiger partial charge < -0.3 is 25.6 Å². The number of hydrogen-bond donors (Lipinski definition) is 3. The van der Waals surface area contributed by atoms with Gasteiger partial charge in [0.15, 0.2) is 11.6 Å². The van der Waals surface area contributed by atoms with Gasteiger partial charge in [0.05, 0.1) is 17.4 Å². The van der Waals surface area contributed by atoms with Crippen molar-refractivity contribution in [1.29, 1.82) is 0 Å². The van der Waals surface area contributed by atoms with Gasteiger partial charge in [-0.25, -0.2) is 9.18 Å². The molecule has 1 aromatic heterocycles. The van der Waals surface area contributed by atoms with E-state index in [1.807, 2.05) is 0 Å². The summed E-state index contributed by atoms with van der Waals surface area (Å²) in [5.74, 6) is -4.48. The number of para-hydroxylation sites is 1. The first-order valence-electron chi connectivity index (χ1n) is 12.3. The molecule has 0 bridgehead atoms. The summed E-state index contributed by atoms with van der Waals surface area (Å²) in [5, 5.41) is 13.0. The molecule has 1 fully saturated rings. The van der Waals surface area contributed by atoms with E-state index in [2.05, 4.69) is 10.3 Å². The molecular formula is C25H27BFN5O7. The molecule has 2 aliphatic rings. The van der Waals surface area contributed by atoms with Gasteiger partial charge in [-0.3, -0.25) is 29.1 Å². The van der Waals surface area contributed by atoms with Gasteiger partial charge >= 0.3 is 25.0 Å². The number of nitrogens with one attached hydrogen (secondary N) is 1. The summed E-state index contributed by atoms with van der Waals surface area (Å²) in [5.41, 5.74) is 6.01. The van der Waals surface area contributed by atoms with Crippen molar-refractivity contribution < 1.29 is 38.0 Å². The number of urea groups is 1. The van der Waals surface area contributed by atoms with Crippen LogP contribution in [0.5, 0.6) is 5.75 Å². The number of anilines is 1. The van der Waals surface area contributed by atoms with Crippen molar-refractivity contribution >= 4 is 42.2 Å². The SMILES string of the molecule is CCN1CCN(C(=O)NC(C(=O)C[C@H]2Cc3cccc(C(C)=O)c3OB2O)c2ncc(N)cc2F)C(=O)C1=O. The third kappa shape index (κ3) is 5.60. The highest BCUT2D eigenvalue weighted by Crippen LogP contribution is 2.37. The number of amides is 4. The topological polar surface area (TPSA) is 172 Å². The van der Waals surface area contributed by atoms with Gasteiger partial charge in [-0.1, -0.05) is 12.1 Å². The van der Waals surface area contributed by atoms with Crippen molar-refractivity contribution in [2.75, 3.05) is 25.4 Å². The summed E-state index contributed by atoms with van der Waals surface area (Å²) in [4.78, 5) is 69.0. The number of halogens is 1. The Morgan fingerprint density at radius 3 is 2.69 bits per heavy atom. The van der Waals surface area contributed by atoms with Gasteiger partial charge in [0.1, 0.15) is 23.3 Å². The Balaban J connectivity index is 1.58. The van der Waals surface area contributed by atoms with Gasteiger partial charge in [0, 0.05) is 37.9 Å². The summed E-state index contributed by atoms with van der Waals surface area (Å²) in [6, 6.07) is 3.11. The van der Waals surface area contributed by atoms with Crippen LogP contribution in [0.2, 0.25) is 5.82 Å². The first kappa shape index (κ1) is 27.7. The molecule has 2 atom stereocenters. The van der Waals surface area contributed by atoms with E-state index in [1.165, 1.54) is 11.8 Å². The van der Waals surface area contributed by atoms with Crippen LogP contribution in [0.3, 0.4) is 0 Å². The van der Waals surface area contributed by atoms with Crippen molar-refractivity contribution in [2.24, 2.45) is 0 Å². The largest absolute Gasteiger partial charge is 0.535 e. The summed E-state index contributed by atoms with van der Waals surface area (Å²) in [6.07, 6.45) is 0.892. The van der Waals surface area contributed by atoms with E-state index in [9.17, 15) is 33.4 Å². The number of nitrogen functional groups attached to an aromatic ring is 1. The monoisotopic (exact) mass is 539 g/mol. The van der Waals surface area contributed by atoms with Gasteiger partial charge in [0.2, 0.25) is 0 Å². The number of pyridine rings is 1. The normalized spacial score (nSPS) is 17.8. The molecule has 204 valence electrons. The third-order valence-corrected chi connectivity index (χ3v) is 6.75. The number of rotatable bonds is 7. The molecule has 4 rings (SSSR count). The number of carbonyl (C=O) groups is 5. The Morgan fingerprint density at radius 2 is 2.03 bits per heavy atom. The molecular weight excluding hydrogens is 512 g/mol. The number of likely N-dealkylation sites (N-methyl/N-ethyl adjacent to an activating group) is 1. The fourth-order valence-corrected chi connectivity index (χ4v) is 4.66. The van der Waals surface area contributed by atoms with E-state index >= 15 is 0 Å². The first-order valence-corrected chi connectivity index (χ1v) is 12.3. The Hall–Kier alpha value is -4.33. The van der Waals surface area contributed by atoms with Crippen molar-refractivity contribution in [2.45, 2.75) is 38.5 Å². The number of nitrogens with two attached hydrogens (primary N) is 1. The number of Topliss-reactive ketones (excluding diaryl/α,β-unsaturated/α-hetero) is 2. The van der Waals surface area contributed by atoms with Crippen LogP contribution in [0.15, 0.2) is 30.5 Å². The molecule has 2 aromatic rings. The highest BCUT2D eigenvalue weighted by Gasteiger charge is 2.41. The van der Waals surface area contributed by atoms with E-state index in [1.54, 1.807) is 25.1 Å². The van der Waals surface area contributed by atoms with Crippen molar-refractivity contribution in [3.8, 4) is 5.75 Å². The number of ketones is 2. The Labute approximate surface area is 223 Å². The molecule has 4 N–H and O–H groups in total. The zero-order chi connectivity index (χ0) is 28.4. The molecule has 3 heterocycles. The van der Waals surface area contributed by atoms with Crippen LogP contribution in [0.25, 0.3) is 0 Å². The lowest BCUT2D eigenvalue weighted by molar-refractivity contribution is -0.153. The summed E-state index contributed by atoms with van der Waals surface area (Å²) in [6.45, 7) is 3.32. The number of aromatic nitrogens is 1. The molecule has 0 saturated carbocycles. The summed E-state index contributed by atoms with van der Waals surface area (Å²) >= 11 is 0. The molecule has 1 unspecified atom stereocenters. The molecule has 12 nitrogen and oxygen atoms in total. The lowest BCUT2D eigenvalue weighted by atomic mass is 9.64. The van der Waals surface area contributed by atoms with Crippen LogP contribution in [-0.4, -0.2) is 76.0 Å². The molecule has 39 heavy (non-hydrogen) atoms. The van der Waals surface area contributed by atoms with Gasteiger partial charge in [-0.15, -0.1) is 0 Å². The Bertz CT molecular complexity index is 1360. The molecule has 2 aliphatic heterocycles. The zero-order valence-electron chi connectivity index (χ0n) is 21.3. The fourth-order valence-electron chi connectivity index (χ4n) is 4.66. The lowest BCUT2D eigenvalue weighted by Gasteiger charge is -2.33. The van der Waals surface area contributed by atoms with Crippen molar-refractivity contribution in [1.82, 2.24) is 20.1 Å². The molecule has 0 spiro atoms. The maximum atomic E-state index is 14.9. The quantitative estimate of drug-likeness (QED) is 0.263. The third-order valence-electron chi connectivity index (χ3n) is 6.75. The van der Waals surface area contributed by atoms with E-state index in [4.69, 9.17) is 10.4 Å². The predicted octanol–water partition coefficient (Wildman–Crippen LogP) is 0.892. The van der Waals surface area contributed by atoms with Crippen molar-refractivity contribution in [3.05, 3.63) is 53.1 Å². The fraction of sp³-hybridized carbons (Fsp3) is 0.360. The first-order chi connectivity index (χ1) is 18.5. The molecule has 1 aromatic carbocycles. The van der Waals surface area contributed by atoms with E-state index in [-0.39, 0.29) is 55.3 Å². The van der Waals surface area contributed by atoms with Crippen LogP contribution in [0.4, 0.5) is 14.9 Å². The minimum Gasteiger partial charge on any atom is -0.535 e. The number of fused-ring (bicyclic) bond motifs is 1. The maximum absolute atomic E-state index is 14.9. The summed E-state index contributed by atoms with van der Waals surface area (Å²) < 4.78 is 20.4. The molecule has 0 radical (unpaired) electrons. The standard InChI is InChI=1S/C25H27BFN5O7/c1-3-31-7-8-32(24(36)23(31)35)25(37)30-21(20-18(27)11-16(28)12-29-20)19(34)10-15-9-14-5-4-6-17(13(2)33)22(14)39-26(15)38/h4-6,11-12,15,21,38H,3,7-10,28H2,1-2H3,(H,30,37)/t15-,21?/m1/s1. The molecule has 14 heteroatoms. The number of nitrogens with zero attached hydrogens (tertiary/aromatic N) is 3. The van der Waals surface area contributed by atoms with Crippen LogP contribution < -0.4 is 15.7 Å². The zero-order valence-corrected chi connectivity index (χ0v) is 21.3. The number of imide groups is 1. The van der Waals surface area contributed by atoms with Crippen LogP contribution in [-0.2, 0) is 20.8 Å². The number of carbonyl (C=O) groups excluding carboxylic acids is 5. The second-order valence-electron chi connectivity index (χ2n) is 9.35. The number of benzene rings is 1. The number of piperazine rings is 1. The van der Waals surface area contributed by atoms with Gasteiger partial charge in [0.25, 0.3) is 0 Å². The average Bonchev–Trinajstić information content (AvgIpc) is 2.89. The second-order valence-corrected chi connectivity index (χ2v) is 9.35. The Kier molecular flexibility index (Phi) is 7.95. The van der Waals surface area contributed by atoms with E-state index in [0.717, 1.165) is 12.3 Å². The molecule has 4 amide bonds. The van der Waals surface area contributed by atoms with E-state index in [0.29, 0.717) is 10.5 Å². The highest BCUT2D eigenvalue weighted by atomic mass is 19.1. The van der Waals surface area contributed by atoms with Crippen LogP contribution in [0, 0.1) is 5.82 Å². The minimum atomic E-state index is -1.66. The summed E-state index contributed by atoms with van der Waals surface area (Å²) in [7, 11) is -1.47. The molecule has 1 saturated heterocycles. The maximum Gasteiger partial charge on any atom is 0.526 e. The lowest BCUT2D eigenvalue weighted by Crippen LogP contribution is -2.58. The van der Waals surface area contributed by atoms with Gasteiger partial charge in [-0.2, -0.15) is 0 Å². The second kappa shape index (κ2) is 11.2. The van der Waals surface area contributed by atoms with Crippen molar-refractivity contribution in [3.63, 3.8) is 0 Å². The average molecular weight is 539 g/mol. The Morgan fingerprint density at radius 1 is 1.28 bits per heavy atom. The smallest absolute Gasteiger partial charge is 0.526 e. The van der Waals surface area contributed by atoms with Crippen LogP contribution in [0.1, 0.15) is 47.9 Å². The van der Waals surface area contributed by atoms with E-state index < -0.39 is 54.1 Å². The number of hydrogen-bond acceptors (Lipinski definition) is 9. The predicted molar refractivity (Wildman–Crippen MR) is 136 cm³/mol. The van der Waals surface area contributed by atoms with Gasteiger partial charge in [-0.05, 0) is 31.9 Å².